The van der Waals surface area contributed by atoms with E-state index in [0.29, 0.717) is 24.4 Å². The second-order valence-electron chi connectivity index (χ2n) is 7.05. The smallest absolute Gasteiger partial charge is 0.321 e. The first-order chi connectivity index (χ1) is 14.0. The Hall–Kier alpha value is -3.14. The molecule has 1 aliphatic rings. The molecule has 0 aliphatic carbocycles. The molecular formula is C22H23F2N3O2. The lowest BCUT2D eigenvalue weighted by atomic mass is 10.1. The summed E-state index contributed by atoms with van der Waals surface area (Å²) in [5.41, 5.74) is 2.28. The summed E-state index contributed by atoms with van der Waals surface area (Å²) in [5, 5.41) is 11.5. The van der Waals surface area contributed by atoms with E-state index in [0.717, 1.165) is 11.1 Å². The minimum atomic E-state index is -2.70. The van der Waals surface area contributed by atoms with Gasteiger partial charge in [-0.25, -0.2) is 13.6 Å². The van der Waals surface area contributed by atoms with Gasteiger partial charge in [0.2, 0.25) is 5.92 Å². The molecule has 0 saturated carbocycles. The van der Waals surface area contributed by atoms with Crippen LogP contribution in [0.5, 0.6) is 5.75 Å². The number of likely N-dealkylation sites (tertiary alicyclic amines) is 1. The van der Waals surface area contributed by atoms with E-state index < -0.39 is 5.92 Å². The van der Waals surface area contributed by atoms with Gasteiger partial charge in [0.05, 0.1) is 12.5 Å². The highest BCUT2D eigenvalue weighted by molar-refractivity contribution is 5.90. The third-order valence-electron chi connectivity index (χ3n) is 4.87. The van der Waals surface area contributed by atoms with Crippen LogP contribution in [-0.2, 0) is 13.0 Å². The van der Waals surface area contributed by atoms with Crippen molar-refractivity contribution in [3.05, 3.63) is 59.7 Å². The molecule has 152 valence electrons. The number of nitriles is 1. The monoisotopic (exact) mass is 399 g/mol. The Kier molecular flexibility index (Phi) is 6.65. The molecule has 1 N–H and O–H groups in total. The van der Waals surface area contributed by atoms with Gasteiger partial charge < -0.3 is 15.0 Å². The van der Waals surface area contributed by atoms with Crippen molar-refractivity contribution in [3.63, 3.8) is 0 Å². The Morgan fingerprint density at radius 3 is 2.66 bits per heavy atom. The van der Waals surface area contributed by atoms with Crippen molar-refractivity contribution >= 4 is 11.7 Å². The van der Waals surface area contributed by atoms with E-state index in [1.807, 2.05) is 24.3 Å². The van der Waals surface area contributed by atoms with Crippen molar-refractivity contribution in [1.82, 2.24) is 4.90 Å². The number of ether oxygens (including phenoxy) is 1. The summed E-state index contributed by atoms with van der Waals surface area (Å²) in [7, 11) is 0. The number of nitrogens with zero attached hydrogens (tertiary/aromatic N) is 2. The van der Waals surface area contributed by atoms with Crippen molar-refractivity contribution in [2.75, 3.05) is 18.4 Å². The van der Waals surface area contributed by atoms with Crippen LogP contribution in [0.3, 0.4) is 0 Å². The predicted molar refractivity (Wildman–Crippen MR) is 106 cm³/mol. The molecule has 2 aromatic carbocycles. The molecule has 3 rings (SSSR count). The minimum Gasteiger partial charge on any atom is -0.489 e. The van der Waals surface area contributed by atoms with Crippen molar-refractivity contribution in [1.29, 1.82) is 5.26 Å². The number of alkyl halides is 2. The number of benzene rings is 2. The van der Waals surface area contributed by atoms with Gasteiger partial charge in [-0.05, 0) is 30.2 Å². The Morgan fingerprint density at radius 2 is 1.90 bits per heavy atom. The lowest BCUT2D eigenvalue weighted by molar-refractivity contribution is -0.0121. The van der Waals surface area contributed by atoms with Crippen LogP contribution in [-0.4, -0.2) is 29.9 Å². The summed E-state index contributed by atoms with van der Waals surface area (Å²) >= 11 is 0. The molecule has 0 atom stereocenters. The van der Waals surface area contributed by atoms with Crippen LogP contribution in [0.4, 0.5) is 19.3 Å². The zero-order valence-electron chi connectivity index (χ0n) is 16.0. The molecular weight excluding hydrogens is 376 g/mol. The third kappa shape index (κ3) is 5.92. The summed E-state index contributed by atoms with van der Waals surface area (Å²) < 4.78 is 32.9. The van der Waals surface area contributed by atoms with Gasteiger partial charge >= 0.3 is 6.03 Å². The highest BCUT2D eigenvalue weighted by Crippen LogP contribution is 2.28. The summed E-state index contributed by atoms with van der Waals surface area (Å²) in [6.45, 7) is 0.591. The minimum absolute atomic E-state index is 0.0343. The topological polar surface area (TPSA) is 65.4 Å². The second kappa shape index (κ2) is 9.37. The van der Waals surface area contributed by atoms with E-state index in [1.165, 1.54) is 4.90 Å². The summed E-state index contributed by atoms with van der Waals surface area (Å²) in [5.74, 6) is -2.05. The predicted octanol–water partition coefficient (Wildman–Crippen LogP) is 4.98. The molecule has 1 heterocycles. The van der Waals surface area contributed by atoms with Gasteiger partial charge in [0, 0.05) is 37.2 Å². The molecule has 0 unspecified atom stereocenters. The Morgan fingerprint density at radius 1 is 1.14 bits per heavy atom. The van der Waals surface area contributed by atoms with Crippen LogP contribution in [0.2, 0.25) is 0 Å². The van der Waals surface area contributed by atoms with Gasteiger partial charge in [-0.2, -0.15) is 5.26 Å². The molecule has 1 fully saturated rings. The highest BCUT2D eigenvalue weighted by Gasteiger charge is 2.33. The summed E-state index contributed by atoms with van der Waals surface area (Å²) in [6.07, 6.45) is 0.131. The Labute approximate surface area is 168 Å². The van der Waals surface area contributed by atoms with E-state index in [2.05, 4.69) is 11.4 Å². The number of hydrogen-bond donors (Lipinski definition) is 1. The first kappa shape index (κ1) is 20.6. The van der Waals surface area contributed by atoms with E-state index in [9.17, 15) is 13.6 Å². The van der Waals surface area contributed by atoms with Crippen LogP contribution in [0.1, 0.15) is 30.4 Å². The fraction of sp³-hybridized carbons (Fsp3) is 0.364. The first-order valence-electron chi connectivity index (χ1n) is 9.57. The zero-order valence-corrected chi connectivity index (χ0v) is 16.0. The number of rotatable bonds is 5. The molecule has 1 aliphatic heterocycles. The van der Waals surface area contributed by atoms with E-state index in [4.69, 9.17) is 10.00 Å². The Balaban J connectivity index is 1.61. The van der Waals surface area contributed by atoms with Crippen LogP contribution in [0, 0.1) is 11.3 Å². The van der Waals surface area contributed by atoms with Crippen LogP contribution in [0.25, 0.3) is 0 Å². The lowest BCUT2D eigenvalue weighted by Gasteiger charge is -2.22. The van der Waals surface area contributed by atoms with Gasteiger partial charge in [0.1, 0.15) is 12.4 Å². The standard InChI is InChI=1S/C22H23F2N3O2/c23-22(24)11-3-14-27(15-12-22)21(28)26-20-5-2-1-4-18(20)16-29-19-8-6-17(7-9-19)10-13-25/h1-2,4-9H,3,10-12,14-16H2,(H,26,28). The first-order valence-corrected chi connectivity index (χ1v) is 9.57. The molecule has 0 radical (unpaired) electrons. The molecule has 2 amide bonds. The molecule has 1 saturated heterocycles. The van der Waals surface area contributed by atoms with Gasteiger partial charge in [-0.1, -0.05) is 30.3 Å². The van der Waals surface area contributed by atoms with Crippen molar-refractivity contribution in [2.45, 2.75) is 38.2 Å². The number of halogens is 2. The number of urea groups is 1. The van der Waals surface area contributed by atoms with Crippen molar-refractivity contribution < 1.29 is 18.3 Å². The maximum Gasteiger partial charge on any atom is 0.321 e. The van der Waals surface area contributed by atoms with Crippen molar-refractivity contribution in [3.8, 4) is 11.8 Å². The normalized spacial score (nSPS) is 15.8. The van der Waals surface area contributed by atoms with Crippen LogP contribution in [0.15, 0.2) is 48.5 Å². The van der Waals surface area contributed by atoms with Crippen LogP contribution >= 0.6 is 0 Å². The van der Waals surface area contributed by atoms with E-state index in [1.54, 1.807) is 24.3 Å². The number of nitrogens with one attached hydrogen (secondary N) is 1. The van der Waals surface area contributed by atoms with Gasteiger partial charge in [0.25, 0.3) is 0 Å². The van der Waals surface area contributed by atoms with Crippen LogP contribution < -0.4 is 10.1 Å². The fourth-order valence-electron chi connectivity index (χ4n) is 3.19. The van der Waals surface area contributed by atoms with Gasteiger partial charge in [-0.3, -0.25) is 0 Å². The molecule has 0 bridgehead atoms. The number of anilines is 1. The molecule has 7 heteroatoms. The zero-order chi connectivity index (χ0) is 20.7. The average Bonchev–Trinajstić information content (AvgIpc) is 2.89. The molecule has 29 heavy (non-hydrogen) atoms. The number of hydrogen-bond acceptors (Lipinski definition) is 3. The number of amides is 2. The summed E-state index contributed by atoms with van der Waals surface area (Å²) in [4.78, 5) is 14.0. The van der Waals surface area contributed by atoms with Gasteiger partial charge in [0.15, 0.2) is 0 Å². The highest BCUT2D eigenvalue weighted by atomic mass is 19.3. The SMILES string of the molecule is N#CCc1ccc(OCc2ccccc2NC(=O)N2CCCC(F)(F)CC2)cc1. The number of para-hydroxylation sites is 1. The Bertz CT molecular complexity index is 878. The molecule has 0 spiro atoms. The quantitative estimate of drug-likeness (QED) is 0.771. The maximum atomic E-state index is 13.5. The van der Waals surface area contributed by atoms with E-state index in [-0.39, 0.29) is 38.4 Å². The number of carbonyl (C=O) groups excluding carboxylic acids is 1. The van der Waals surface area contributed by atoms with Crippen molar-refractivity contribution in [2.24, 2.45) is 0 Å². The fourth-order valence-corrected chi connectivity index (χ4v) is 3.19. The molecule has 5 nitrogen and oxygen atoms in total. The third-order valence-corrected chi connectivity index (χ3v) is 4.87. The number of carbonyl (C=O) groups is 1. The molecule has 2 aromatic rings. The largest absolute Gasteiger partial charge is 0.489 e. The average molecular weight is 399 g/mol. The summed E-state index contributed by atoms with van der Waals surface area (Å²) in [6, 6.07) is 16.2. The molecule has 0 aromatic heterocycles. The van der Waals surface area contributed by atoms with E-state index >= 15 is 0 Å². The maximum absolute atomic E-state index is 13.5. The second-order valence-corrected chi connectivity index (χ2v) is 7.05. The lowest BCUT2D eigenvalue weighted by Crippen LogP contribution is -2.36. The van der Waals surface area contributed by atoms with Gasteiger partial charge in [-0.15, -0.1) is 0 Å².